The predicted molar refractivity (Wildman–Crippen MR) is 97.1 cm³/mol. The van der Waals surface area contributed by atoms with Gasteiger partial charge in [-0.1, -0.05) is 26.8 Å². The summed E-state index contributed by atoms with van der Waals surface area (Å²) in [5, 5.41) is 0. The van der Waals surface area contributed by atoms with Gasteiger partial charge in [0, 0.05) is 19.3 Å². The number of anilines is 1. The van der Waals surface area contributed by atoms with Gasteiger partial charge in [-0.25, -0.2) is 0 Å². The lowest BCUT2D eigenvalue weighted by molar-refractivity contribution is 0.303. The van der Waals surface area contributed by atoms with Crippen molar-refractivity contribution in [1.82, 2.24) is 9.38 Å². The van der Waals surface area contributed by atoms with Crippen molar-refractivity contribution in [2.24, 2.45) is 11.3 Å². The maximum atomic E-state index is 4.79. The summed E-state index contributed by atoms with van der Waals surface area (Å²) in [5.41, 5.74) is 5.08. The highest BCUT2D eigenvalue weighted by atomic mass is 15.1. The highest BCUT2D eigenvalue weighted by Gasteiger charge is 2.29. The van der Waals surface area contributed by atoms with E-state index in [0.717, 1.165) is 30.0 Å². The molecule has 3 heteroatoms. The van der Waals surface area contributed by atoms with Gasteiger partial charge in [-0.3, -0.25) is 4.98 Å². The molecule has 1 aromatic carbocycles. The van der Waals surface area contributed by atoms with Crippen LogP contribution in [0.3, 0.4) is 0 Å². The molecule has 0 bridgehead atoms. The van der Waals surface area contributed by atoms with Gasteiger partial charge < -0.3 is 9.30 Å². The monoisotopic (exact) mass is 307 g/mol. The van der Waals surface area contributed by atoms with Crippen LogP contribution >= 0.6 is 0 Å². The van der Waals surface area contributed by atoms with Gasteiger partial charge in [0.05, 0.1) is 22.9 Å². The zero-order valence-corrected chi connectivity index (χ0v) is 14.3. The van der Waals surface area contributed by atoms with Crippen LogP contribution in [0.25, 0.3) is 16.6 Å². The van der Waals surface area contributed by atoms with Crippen molar-refractivity contribution in [2.45, 2.75) is 33.6 Å². The van der Waals surface area contributed by atoms with E-state index in [1.54, 1.807) is 0 Å². The van der Waals surface area contributed by atoms with Crippen LogP contribution < -0.4 is 4.90 Å². The molecule has 0 radical (unpaired) electrons. The number of nitrogens with zero attached hydrogens (tertiary/aromatic N) is 3. The minimum Gasteiger partial charge on any atom is -0.369 e. The predicted octanol–water partition coefficient (Wildman–Crippen LogP) is 4.75. The van der Waals surface area contributed by atoms with Crippen LogP contribution in [0.1, 0.15) is 33.6 Å². The SMILES string of the molecule is CC1CCN(c2cccc3c2ncc2cccn23)CC(C)(C)C1. The first-order chi connectivity index (χ1) is 11.0. The summed E-state index contributed by atoms with van der Waals surface area (Å²) >= 11 is 0. The fourth-order valence-corrected chi connectivity index (χ4v) is 4.24. The Bertz CT molecular complexity index is 846. The van der Waals surface area contributed by atoms with Crippen molar-refractivity contribution in [3.63, 3.8) is 0 Å². The van der Waals surface area contributed by atoms with E-state index in [9.17, 15) is 0 Å². The van der Waals surface area contributed by atoms with E-state index in [4.69, 9.17) is 4.98 Å². The van der Waals surface area contributed by atoms with E-state index in [0.29, 0.717) is 5.41 Å². The molecule has 1 aliphatic heterocycles. The average Bonchev–Trinajstić information content (AvgIpc) is 2.94. The standard InChI is InChI=1S/C20H25N3/c1-15-9-11-22(14-20(2,3)12-15)17-7-4-8-18-19(17)21-13-16-6-5-10-23(16)18/h4-8,10,13,15H,9,11-12,14H2,1-3H3. The third-order valence-corrected chi connectivity index (χ3v) is 5.11. The number of fused-ring (bicyclic) bond motifs is 3. The first-order valence-electron chi connectivity index (χ1n) is 8.63. The largest absolute Gasteiger partial charge is 0.369 e. The second kappa shape index (κ2) is 5.26. The molecule has 0 saturated carbocycles. The number of hydrogen-bond donors (Lipinski definition) is 0. The zero-order valence-electron chi connectivity index (χ0n) is 14.3. The summed E-state index contributed by atoms with van der Waals surface area (Å²) in [5.74, 6) is 0.786. The Morgan fingerprint density at radius 3 is 2.91 bits per heavy atom. The highest BCUT2D eigenvalue weighted by Crippen LogP contribution is 2.35. The minimum absolute atomic E-state index is 0.343. The van der Waals surface area contributed by atoms with Crippen molar-refractivity contribution in [3.8, 4) is 0 Å². The quantitative estimate of drug-likeness (QED) is 0.646. The first kappa shape index (κ1) is 14.6. The van der Waals surface area contributed by atoms with Crippen LogP contribution in [0, 0.1) is 11.3 Å². The second-order valence-corrected chi connectivity index (χ2v) is 7.89. The van der Waals surface area contributed by atoms with Gasteiger partial charge in [-0.2, -0.15) is 0 Å². The van der Waals surface area contributed by atoms with Gasteiger partial charge in [0.1, 0.15) is 5.52 Å². The smallest absolute Gasteiger partial charge is 0.110 e. The number of benzene rings is 1. The minimum atomic E-state index is 0.343. The maximum Gasteiger partial charge on any atom is 0.110 e. The van der Waals surface area contributed by atoms with E-state index >= 15 is 0 Å². The molecule has 23 heavy (non-hydrogen) atoms. The molecule has 3 heterocycles. The number of hydrogen-bond acceptors (Lipinski definition) is 2. The molecule has 0 aliphatic carbocycles. The van der Waals surface area contributed by atoms with E-state index in [2.05, 4.69) is 66.6 Å². The topological polar surface area (TPSA) is 20.5 Å². The van der Waals surface area contributed by atoms with Gasteiger partial charge in [-0.15, -0.1) is 0 Å². The molecule has 0 spiro atoms. The van der Waals surface area contributed by atoms with Crippen molar-refractivity contribution >= 4 is 22.2 Å². The summed E-state index contributed by atoms with van der Waals surface area (Å²) in [7, 11) is 0. The Morgan fingerprint density at radius 1 is 1.17 bits per heavy atom. The molecular weight excluding hydrogens is 282 g/mol. The Labute approximate surface area is 137 Å². The van der Waals surface area contributed by atoms with Crippen molar-refractivity contribution < 1.29 is 0 Å². The molecule has 1 saturated heterocycles. The third-order valence-electron chi connectivity index (χ3n) is 5.11. The molecule has 3 nitrogen and oxygen atoms in total. The Hall–Kier alpha value is -2.03. The molecule has 4 rings (SSSR count). The third kappa shape index (κ3) is 2.58. The first-order valence-corrected chi connectivity index (χ1v) is 8.63. The fraction of sp³-hybridized carbons (Fsp3) is 0.450. The molecule has 120 valence electrons. The second-order valence-electron chi connectivity index (χ2n) is 7.89. The van der Waals surface area contributed by atoms with Crippen molar-refractivity contribution in [3.05, 3.63) is 42.7 Å². The van der Waals surface area contributed by atoms with Crippen molar-refractivity contribution in [2.75, 3.05) is 18.0 Å². The van der Waals surface area contributed by atoms with Crippen LogP contribution in [0.2, 0.25) is 0 Å². The van der Waals surface area contributed by atoms with E-state index in [-0.39, 0.29) is 0 Å². The van der Waals surface area contributed by atoms with Gasteiger partial charge in [0.25, 0.3) is 0 Å². The lowest BCUT2D eigenvalue weighted by Gasteiger charge is -2.32. The molecule has 1 fully saturated rings. The lowest BCUT2D eigenvalue weighted by Crippen LogP contribution is -2.32. The molecule has 1 aliphatic rings. The number of aromatic nitrogens is 2. The summed E-state index contributed by atoms with van der Waals surface area (Å²) in [4.78, 5) is 7.34. The molecule has 3 aromatic rings. The molecular formula is C20H25N3. The molecule has 0 N–H and O–H groups in total. The maximum absolute atomic E-state index is 4.79. The summed E-state index contributed by atoms with van der Waals surface area (Å²) < 4.78 is 2.23. The Balaban J connectivity index is 1.84. The lowest BCUT2D eigenvalue weighted by atomic mass is 9.83. The summed E-state index contributed by atoms with van der Waals surface area (Å²) in [6.07, 6.45) is 6.66. The van der Waals surface area contributed by atoms with Crippen molar-refractivity contribution in [1.29, 1.82) is 0 Å². The Morgan fingerprint density at radius 2 is 2.04 bits per heavy atom. The molecule has 1 unspecified atom stereocenters. The number of rotatable bonds is 1. The van der Waals surface area contributed by atoms with Gasteiger partial charge >= 0.3 is 0 Å². The molecule has 0 amide bonds. The van der Waals surface area contributed by atoms with Crippen LogP contribution in [0.4, 0.5) is 5.69 Å². The van der Waals surface area contributed by atoms with Crippen LogP contribution in [-0.4, -0.2) is 22.5 Å². The summed E-state index contributed by atoms with van der Waals surface area (Å²) in [6.45, 7) is 9.39. The molecule has 1 atom stereocenters. The van der Waals surface area contributed by atoms with Crippen LogP contribution in [0.5, 0.6) is 0 Å². The fourth-order valence-electron chi connectivity index (χ4n) is 4.24. The van der Waals surface area contributed by atoms with E-state index in [1.807, 2.05) is 6.20 Å². The average molecular weight is 307 g/mol. The highest BCUT2D eigenvalue weighted by molar-refractivity contribution is 5.90. The summed E-state index contributed by atoms with van der Waals surface area (Å²) in [6, 6.07) is 10.8. The van der Waals surface area contributed by atoms with E-state index in [1.165, 1.54) is 24.0 Å². The van der Waals surface area contributed by atoms with Crippen LogP contribution in [0.15, 0.2) is 42.7 Å². The van der Waals surface area contributed by atoms with Gasteiger partial charge in [-0.05, 0) is 48.4 Å². The van der Waals surface area contributed by atoms with Gasteiger partial charge in [0.2, 0.25) is 0 Å². The van der Waals surface area contributed by atoms with Gasteiger partial charge in [0.15, 0.2) is 0 Å². The van der Waals surface area contributed by atoms with E-state index < -0.39 is 0 Å². The number of para-hydroxylation sites is 1. The molecule has 2 aromatic heterocycles. The zero-order chi connectivity index (χ0) is 16.0. The van der Waals surface area contributed by atoms with Crippen LogP contribution in [-0.2, 0) is 0 Å². The Kier molecular flexibility index (Phi) is 3.33. The normalized spacial score (nSPS) is 21.7.